The van der Waals surface area contributed by atoms with Gasteiger partial charge >= 0.3 is 0 Å². The standard InChI is InChI=1S/C20H27FN8OS/c1-11-8-13(16(21)24-9-11)19-27-15(17(23)31-19)18(30)26-14-10-25-28(2)20(14)29-6-3-4-12(22)5-7-29/h8-10,12,18,26,30H,3-7,22-23H2,1-2H3. The van der Waals surface area contributed by atoms with Gasteiger partial charge in [0.2, 0.25) is 5.95 Å². The minimum absolute atomic E-state index is 0.199. The van der Waals surface area contributed by atoms with Crippen molar-refractivity contribution in [2.45, 2.75) is 38.5 Å². The van der Waals surface area contributed by atoms with Crippen LogP contribution in [-0.2, 0) is 7.05 Å². The number of nitrogens with one attached hydrogen (secondary N) is 1. The quantitative estimate of drug-likeness (QED) is 0.347. The Labute approximate surface area is 183 Å². The van der Waals surface area contributed by atoms with Crippen molar-refractivity contribution in [2.24, 2.45) is 12.8 Å². The van der Waals surface area contributed by atoms with E-state index in [0.717, 1.165) is 55.1 Å². The van der Waals surface area contributed by atoms with Crippen LogP contribution in [0.25, 0.3) is 10.6 Å². The second kappa shape index (κ2) is 8.77. The summed E-state index contributed by atoms with van der Waals surface area (Å²) in [4.78, 5) is 10.4. The lowest BCUT2D eigenvalue weighted by molar-refractivity contribution is 0.205. The van der Waals surface area contributed by atoms with Crippen LogP contribution < -0.4 is 21.7 Å². The fourth-order valence-corrected chi connectivity index (χ4v) is 4.68. The average molecular weight is 447 g/mol. The van der Waals surface area contributed by atoms with Crippen molar-refractivity contribution in [3.8, 4) is 10.6 Å². The molecule has 1 saturated heterocycles. The number of nitrogens with zero attached hydrogens (tertiary/aromatic N) is 5. The minimum Gasteiger partial charge on any atom is -0.389 e. The van der Waals surface area contributed by atoms with Gasteiger partial charge in [0.1, 0.15) is 21.5 Å². The molecule has 31 heavy (non-hydrogen) atoms. The number of nitrogens with two attached hydrogens (primary N) is 2. The Hall–Kier alpha value is -2.76. The van der Waals surface area contributed by atoms with Crippen molar-refractivity contribution in [3.05, 3.63) is 35.7 Å². The van der Waals surface area contributed by atoms with Crippen LogP contribution in [0.1, 0.15) is 36.7 Å². The number of aliphatic hydroxyl groups is 1. The molecule has 2 unspecified atom stereocenters. The highest BCUT2D eigenvalue weighted by Crippen LogP contribution is 2.36. The summed E-state index contributed by atoms with van der Waals surface area (Å²) in [5, 5.41) is 18.9. The maximum Gasteiger partial charge on any atom is 0.223 e. The summed E-state index contributed by atoms with van der Waals surface area (Å²) in [6.45, 7) is 3.50. The van der Waals surface area contributed by atoms with E-state index in [0.29, 0.717) is 15.7 Å². The lowest BCUT2D eigenvalue weighted by atomic mass is 10.1. The molecule has 4 rings (SSSR count). The SMILES string of the molecule is Cc1cnc(F)c(-c2nc(C(O)Nc3cnn(C)c3N3CCCC(N)CC3)c(N)s2)c1. The summed E-state index contributed by atoms with van der Waals surface area (Å²) >= 11 is 1.11. The molecular weight excluding hydrogens is 419 g/mol. The zero-order chi connectivity index (χ0) is 22.1. The van der Waals surface area contributed by atoms with Gasteiger partial charge in [0.15, 0.2) is 6.23 Å². The van der Waals surface area contributed by atoms with Crippen LogP contribution in [0.15, 0.2) is 18.5 Å². The van der Waals surface area contributed by atoms with Gasteiger partial charge in [-0.05, 0) is 37.8 Å². The highest BCUT2D eigenvalue weighted by molar-refractivity contribution is 7.18. The summed E-state index contributed by atoms with van der Waals surface area (Å²) in [6, 6.07) is 1.86. The van der Waals surface area contributed by atoms with E-state index in [2.05, 4.69) is 25.3 Å². The zero-order valence-corrected chi connectivity index (χ0v) is 18.4. The van der Waals surface area contributed by atoms with E-state index in [1.54, 1.807) is 16.9 Å². The van der Waals surface area contributed by atoms with Gasteiger partial charge in [-0.3, -0.25) is 4.68 Å². The van der Waals surface area contributed by atoms with Crippen LogP contribution in [0.3, 0.4) is 0 Å². The Balaban J connectivity index is 1.58. The number of pyridine rings is 1. The predicted molar refractivity (Wildman–Crippen MR) is 120 cm³/mol. The molecule has 9 nitrogen and oxygen atoms in total. The molecule has 11 heteroatoms. The third kappa shape index (κ3) is 4.48. The summed E-state index contributed by atoms with van der Waals surface area (Å²) in [7, 11) is 1.86. The number of nitrogen functional groups attached to an aromatic ring is 1. The van der Waals surface area contributed by atoms with Gasteiger partial charge in [0, 0.05) is 32.4 Å². The number of aryl methyl sites for hydroxylation is 2. The molecular formula is C20H27FN8OS. The normalized spacial score (nSPS) is 18.1. The minimum atomic E-state index is -1.18. The number of aromatic nitrogens is 4. The fourth-order valence-electron chi connectivity index (χ4n) is 3.81. The Morgan fingerprint density at radius 2 is 2.13 bits per heavy atom. The van der Waals surface area contributed by atoms with Gasteiger partial charge in [0.05, 0.1) is 17.4 Å². The molecule has 0 saturated carbocycles. The fraction of sp³-hybridized carbons (Fsp3) is 0.450. The predicted octanol–water partition coefficient (Wildman–Crippen LogP) is 2.39. The largest absolute Gasteiger partial charge is 0.389 e. The number of aliphatic hydroxyl groups excluding tert-OH is 1. The van der Waals surface area contributed by atoms with Crippen molar-refractivity contribution in [1.82, 2.24) is 19.7 Å². The van der Waals surface area contributed by atoms with E-state index >= 15 is 0 Å². The van der Waals surface area contributed by atoms with Crippen LogP contribution in [-0.4, -0.2) is 44.0 Å². The first kappa shape index (κ1) is 21.5. The first-order valence-electron chi connectivity index (χ1n) is 10.2. The Bertz CT molecular complexity index is 1070. The summed E-state index contributed by atoms with van der Waals surface area (Å²) < 4.78 is 16.0. The smallest absolute Gasteiger partial charge is 0.223 e. The maximum absolute atomic E-state index is 14.2. The molecule has 4 heterocycles. The second-order valence-electron chi connectivity index (χ2n) is 7.85. The van der Waals surface area contributed by atoms with Crippen LogP contribution in [0.5, 0.6) is 0 Å². The Morgan fingerprint density at radius 3 is 2.94 bits per heavy atom. The van der Waals surface area contributed by atoms with Crippen molar-refractivity contribution < 1.29 is 9.50 Å². The summed E-state index contributed by atoms with van der Waals surface area (Å²) in [6.07, 6.45) is 4.81. The number of thiazole rings is 1. The van der Waals surface area contributed by atoms with Gasteiger partial charge in [-0.2, -0.15) is 9.49 Å². The van der Waals surface area contributed by atoms with Gasteiger partial charge in [-0.15, -0.1) is 0 Å². The second-order valence-corrected chi connectivity index (χ2v) is 8.88. The molecule has 6 N–H and O–H groups in total. The Morgan fingerprint density at radius 1 is 1.32 bits per heavy atom. The number of hydrogen-bond acceptors (Lipinski definition) is 9. The zero-order valence-electron chi connectivity index (χ0n) is 17.5. The van der Waals surface area contributed by atoms with Crippen molar-refractivity contribution in [1.29, 1.82) is 0 Å². The average Bonchev–Trinajstić information content (AvgIpc) is 3.21. The maximum atomic E-state index is 14.2. The molecule has 2 atom stereocenters. The van der Waals surface area contributed by atoms with Crippen LogP contribution in [0, 0.1) is 12.9 Å². The number of halogens is 1. The van der Waals surface area contributed by atoms with Gasteiger partial charge in [0.25, 0.3) is 0 Å². The lowest BCUT2D eigenvalue weighted by Crippen LogP contribution is -2.29. The summed E-state index contributed by atoms with van der Waals surface area (Å²) in [5.74, 6) is 0.248. The highest BCUT2D eigenvalue weighted by atomic mass is 32.1. The number of hydrogen-bond donors (Lipinski definition) is 4. The van der Waals surface area contributed by atoms with E-state index in [1.165, 1.54) is 6.20 Å². The van der Waals surface area contributed by atoms with Crippen molar-refractivity contribution >= 4 is 27.8 Å². The molecule has 1 aliphatic heterocycles. The van der Waals surface area contributed by atoms with Crippen molar-refractivity contribution in [2.75, 3.05) is 29.0 Å². The molecule has 0 amide bonds. The molecule has 1 fully saturated rings. The van der Waals surface area contributed by atoms with Gasteiger partial charge < -0.3 is 26.8 Å². The van der Waals surface area contributed by atoms with Crippen molar-refractivity contribution in [3.63, 3.8) is 0 Å². The molecule has 3 aromatic rings. The molecule has 1 aliphatic rings. The molecule has 0 spiro atoms. The third-order valence-electron chi connectivity index (χ3n) is 5.42. The summed E-state index contributed by atoms with van der Waals surface area (Å²) in [5.41, 5.74) is 14.2. The first-order valence-corrected chi connectivity index (χ1v) is 11.0. The van der Waals surface area contributed by atoms with E-state index in [1.807, 2.05) is 14.0 Å². The number of rotatable bonds is 5. The van der Waals surface area contributed by atoms with E-state index in [4.69, 9.17) is 11.5 Å². The Kier molecular flexibility index (Phi) is 6.08. The molecule has 166 valence electrons. The van der Waals surface area contributed by atoms with Crippen LogP contribution in [0.2, 0.25) is 0 Å². The first-order chi connectivity index (χ1) is 14.8. The molecule has 0 radical (unpaired) electrons. The molecule has 3 aromatic heterocycles. The number of anilines is 3. The van der Waals surface area contributed by atoms with Gasteiger partial charge in [-0.25, -0.2) is 9.97 Å². The van der Waals surface area contributed by atoms with E-state index < -0.39 is 12.2 Å². The van der Waals surface area contributed by atoms with E-state index in [-0.39, 0.29) is 17.3 Å². The van der Waals surface area contributed by atoms with Gasteiger partial charge in [-0.1, -0.05) is 11.3 Å². The van der Waals surface area contributed by atoms with E-state index in [9.17, 15) is 9.50 Å². The van der Waals surface area contributed by atoms with Crippen LogP contribution >= 0.6 is 11.3 Å². The third-order valence-corrected chi connectivity index (χ3v) is 6.35. The van der Waals surface area contributed by atoms with Crippen LogP contribution in [0.4, 0.5) is 20.9 Å². The molecule has 0 bridgehead atoms. The lowest BCUT2D eigenvalue weighted by Gasteiger charge is -2.25. The molecule has 0 aromatic carbocycles. The monoisotopic (exact) mass is 446 g/mol. The topological polar surface area (TPSA) is 131 Å². The highest BCUT2D eigenvalue weighted by Gasteiger charge is 2.24. The molecule has 0 aliphatic carbocycles.